The molecule has 0 saturated heterocycles. The summed E-state index contributed by atoms with van der Waals surface area (Å²) in [5.74, 6) is -0.302. The lowest BCUT2D eigenvalue weighted by atomic mass is 9.99. The minimum atomic E-state index is -1.15. The zero-order chi connectivity index (χ0) is 24.8. The van der Waals surface area contributed by atoms with Gasteiger partial charge in [-0.05, 0) is 47.5 Å². The number of para-hydroxylation sites is 2. The van der Waals surface area contributed by atoms with E-state index < -0.39 is 17.9 Å². The van der Waals surface area contributed by atoms with Crippen LogP contribution in [0.1, 0.15) is 15.9 Å². The summed E-state index contributed by atoms with van der Waals surface area (Å²) in [6, 6.07) is 28.0. The van der Waals surface area contributed by atoms with E-state index in [0.717, 1.165) is 22.4 Å². The number of hydrogen-bond donors (Lipinski definition) is 3. The molecule has 4 rings (SSSR count). The smallest absolute Gasteiger partial charge is 0.326 e. The van der Waals surface area contributed by atoms with Crippen LogP contribution < -0.4 is 15.8 Å². The summed E-state index contributed by atoms with van der Waals surface area (Å²) >= 11 is 5.95. The summed E-state index contributed by atoms with van der Waals surface area (Å²) in [5.41, 5.74) is 8.78. The van der Waals surface area contributed by atoms with E-state index in [4.69, 9.17) is 22.1 Å². The van der Waals surface area contributed by atoms with Crippen molar-refractivity contribution in [3.63, 3.8) is 0 Å². The fraction of sp³-hybridized carbons (Fsp3) is 0.0714. The van der Waals surface area contributed by atoms with Crippen LogP contribution in [0.2, 0.25) is 5.02 Å². The van der Waals surface area contributed by atoms with Crippen molar-refractivity contribution in [2.45, 2.75) is 12.5 Å². The Hall–Kier alpha value is -4.29. The molecule has 0 radical (unpaired) electrons. The molecule has 176 valence electrons. The third-order valence-corrected chi connectivity index (χ3v) is 5.66. The molecule has 0 saturated carbocycles. The van der Waals surface area contributed by atoms with Crippen molar-refractivity contribution in [1.82, 2.24) is 5.32 Å². The number of nitrogens with one attached hydrogen (secondary N) is 1. The monoisotopic (exact) mass is 486 g/mol. The third-order valence-electron chi connectivity index (χ3n) is 5.43. The lowest BCUT2D eigenvalue weighted by Crippen LogP contribution is -2.42. The first-order valence-corrected chi connectivity index (χ1v) is 11.3. The maximum atomic E-state index is 12.6. The summed E-state index contributed by atoms with van der Waals surface area (Å²) in [5, 5.41) is 12.5. The SMILES string of the molecule is Nc1ccc(Cl)cc1C(=O)NC(Cc1ccc(-c2ccccc2Oc2ccccc2)cc1)C(=O)O. The zero-order valence-electron chi connectivity index (χ0n) is 18.6. The van der Waals surface area contributed by atoms with Gasteiger partial charge in [0.15, 0.2) is 0 Å². The van der Waals surface area contributed by atoms with E-state index in [1.54, 1.807) is 6.07 Å². The highest BCUT2D eigenvalue weighted by Gasteiger charge is 2.22. The molecule has 0 aliphatic carbocycles. The van der Waals surface area contributed by atoms with Crippen molar-refractivity contribution < 1.29 is 19.4 Å². The molecule has 0 aromatic heterocycles. The van der Waals surface area contributed by atoms with Gasteiger partial charge in [-0.15, -0.1) is 0 Å². The van der Waals surface area contributed by atoms with Crippen molar-refractivity contribution in [3.8, 4) is 22.6 Å². The molecule has 4 aromatic carbocycles. The Morgan fingerprint density at radius 1 is 0.914 bits per heavy atom. The predicted octanol–water partition coefficient (Wildman–Crippen LogP) is 5.81. The maximum Gasteiger partial charge on any atom is 0.326 e. The quantitative estimate of drug-likeness (QED) is 0.273. The summed E-state index contributed by atoms with van der Waals surface area (Å²) in [6.45, 7) is 0. The van der Waals surface area contributed by atoms with Crippen LogP contribution in [-0.2, 0) is 11.2 Å². The van der Waals surface area contributed by atoms with Gasteiger partial charge < -0.3 is 20.9 Å². The number of amides is 1. The van der Waals surface area contributed by atoms with Gasteiger partial charge in [0.1, 0.15) is 17.5 Å². The number of carbonyl (C=O) groups is 2. The van der Waals surface area contributed by atoms with Gasteiger partial charge in [-0.25, -0.2) is 4.79 Å². The van der Waals surface area contributed by atoms with E-state index in [2.05, 4.69) is 5.32 Å². The highest BCUT2D eigenvalue weighted by Crippen LogP contribution is 2.33. The molecule has 1 amide bonds. The molecule has 4 aromatic rings. The summed E-state index contributed by atoms with van der Waals surface area (Å²) in [4.78, 5) is 24.5. The number of nitrogens with two attached hydrogens (primary N) is 1. The number of rotatable bonds is 8. The molecule has 1 atom stereocenters. The Bertz CT molecular complexity index is 1340. The Kier molecular flexibility index (Phi) is 7.33. The highest BCUT2D eigenvalue weighted by molar-refractivity contribution is 6.31. The molecule has 1 unspecified atom stereocenters. The molecule has 0 spiro atoms. The minimum Gasteiger partial charge on any atom is -0.480 e. The normalized spacial score (nSPS) is 11.5. The van der Waals surface area contributed by atoms with Crippen LogP contribution in [0.25, 0.3) is 11.1 Å². The molecule has 4 N–H and O–H groups in total. The Morgan fingerprint density at radius 2 is 1.60 bits per heavy atom. The van der Waals surface area contributed by atoms with Gasteiger partial charge >= 0.3 is 5.97 Å². The summed E-state index contributed by atoms with van der Waals surface area (Å²) in [6.07, 6.45) is 0.101. The summed E-state index contributed by atoms with van der Waals surface area (Å²) < 4.78 is 6.05. The third kappa shape index (κ3) is 5.99. The number of benzene rings is 4. The van der Waals surface area contributed by atoms with E-state index in [1.165, 1.54) is 12.1 Å². The first-order valence-electron chi connectivity index (χ1n) is 10.9. The lowest BCUT2D eigenvalue weighted by Gasteiger charge is -2.16. The van der Waals surface area contributed by atoms with Crippen LogP contribution in [0.5, 0.6) is 11.5 Å². The van der Waals surface area contributed by atoms with Gasteiger partial charge in [0.25, 0.3) is 5.91 Å². The first-order chi connectivity index (χ1) is 16.9. The van der Waals surface area contributed by atoms with E-state index in [-0.39, 0.29) is 17.7 Å². The van der Waals surface area contributed by atoms with Crippen LogP contribution in [0.4, 0.5) is 5.69 Å². The van der Waals surface area contributed by atoms with Gasteiger partial charge in [-0.3, -0.25) is 4.79 Å². The molecule has 0 heterocycles. The van der Waals surface area contributed by atoms with Crippen LogP contribution in [0.15, 0.2) is 97.1 Å². The molecule has 7 heteroatoms. The van der Waals surface area contributed by atoms with Gasteiger partial charge in [0.05, 0.1) is 5.56 Å². The van der Waals surface area contributed by atoms with E-state index >= 15 is 0 Å². The average molecular weight is 487 g/mol. The number of halogens is 1. The Balaban J connectivity index is 1.50. The van der Waals surface area contributed by atoms with Gasteiger partial charge in [0.2, 0.25) is 0 Å². The van der Waals surface area contributed by atoms with Crippen LogP contribution in [-0.4, -0.2) is 23.0 Å². The van der Waals surface area contributed by atoms with Gasteiger partial charge in [-0.1, -0.05) is 72.3 Å². The van der Waals surface area contributed by atoms with Crippen molar-refractivity contribution >= 4 is 29.2 Å². The molecule has 0 aliphatic rings. The predicted molar refractivity (Wildman–Crippen MR) is 137 cm³/mol. The fourth-order valence-electron chi connectivity index (χ4n) is 3.63. The van der Waals surface area contributed by atoms with Crippen LogP contribution in [0, 0.1) is 0 Å². The van der Waals surface area contributed by atoms with E-state index in [1.807, 2.05) is 78.9 Å². The van der Waals surface area contributed by atoms with Crippen molar-refractivity contribution in [1.29, 1.82) is 0 Å². The Labute approximate surface area is 207 Å². The molecule has 0 fully saturated rings. The second-order valence-electron chi connectivity index (χ2n) is 7.91. The standard InChI is InChI=1S/C28H23ClN2O4/c29-20-14-15-24(30)23(17-20)27(32)31-25(28(33)34)16-18-10-12-19(13-11-18)22-8-4-5-9-26(22)35-21-6-2-1-3-7-21/h1-15,17,25H,16,30H2,(H,31,32)(H,33,34). The number of carboxylic acid groups (broad SMARTS) is 1. The second-order valence-corrected chi connectivity index (χ2v) is 8.34. The Morgan fingerprint density at radius 3 is 2.31 bits per heavy atom. The van der Waals surface area contributed by atoms with E-state index in [0.29, 0.717) is 10.8 Å². The number of carboxylic acids is 1. The number of carbonyl (C=O) groups excluding carboxylic acids is 1. The largest absolute Gasteiger partial charge is 0.480 e. The average Bonchev–Trinajstić information content (AvgIpc) is 2.86. The first kappa shape index (κ1) is 23.9. The number of ether oxygens (including phenoxy) is 1. The molecule has 0 aliphatic heterocycles. The highest BCUT2D eigenvalue weighted by atomic mass is 35.5. The zero-order valence-corrected chi connectivity index (χ0v) is 19.4. The molecule has 6 nitrogen and oxygen atoms in total. The fourth-order valence-corrected chi connectivity index (χ4v) is 3.80. The van der Waals surface area contributed by atoms with Gasteiger partial charge in [0, 0.05) is 22.7 Å². The van der Waals surface area contributed by atoms with Crippen LogP contribution >= 0.6 is 11.6 Å². The number of nitrogen functional groups attached to an aromatic ring is 1. The van der Waals surface area contributed by atoms with E-state index in [9.17, 15) is 14.7 Å². The molecule has 0 bridgehead atoms. The summed E-state index contributed by atoms with van der Waals surface area (Å²) in [7, 11) is 0. The number of hydrogen-bond acceptors (Lipinski definition) is 4. The molecular weight excluding hydrogens is 464 g/mol. The second kappa shape index (κ2) is 10.8. The number of aliphatic carboxylic acids is 1. The van der Waals surface area contributed by atoms with Crippen molar-refractivity contribution in [2.24, 2.45) is 0 Å². The van der Waals surface area contributed by atoms with Gasteiger partial charge in [-0.2, -0.15) is 0 Å². The maximum absolute atomic E-state index is 12.6. The minimum absolute atomic E-state index is 0.101. The van der Waals surface area contributed by atoms with Crippen molar-refractivity contribution in [2.75, 3.05) is 5.73 Å². The van der Waals surface area contributed by atoms with Crippen molar-refractivity contribution in [3.05, 3.63) is 113 Å². The van der Waals surface area contributed by atoms with Crippen LogP contribution in [0.3, 0.4) is 0 Å². The number of anilines is 1. The molecule has 35 heavy (non-hydrogen) atoms. The molecular formula is C28H23ClN2O4. The lowest BCUT2D eigenvalue weighted by molar-refractivity contribution is -0.139. The topological polar surface area (TPSA) is 102 Å².